The molecule has 2 rings (SSSR count). The Balaban J connectivity index is 2.01. The second kappa shape index (κ2) is 6.76. The van der Waals surface area contributed by atoms with E-state index in [0.717, 1.165) is 5.56 Å². The highest BCUT2D eigenvalue weighted by atomic mass is 35.5. The van der Waals surface area contributed by atoms with Crippen molar-refractivity contribution in [1.29, 1.82) is 0 Å². The highest BCUT2D eigenvalue weighted by Crippen LogP contribution is 2.23. The molecule has 1 N–H and O–H groups in total. The summed E-state index contributed by atoms with van der Waals surface area (Å²) >= 11 is 11.9. The summed E-state index contributed by atoms with van der Waals surface area (Å²) in [5, 5.41) is 4.20. The first-order valence-corrected chi connectivity index (χ1v) is 7.28. The van der Waals surface area contributed by atoms with Crippen molar-refractivity contribution in [2.24, 2.45) is 0 Å². The minimum atomic E-state index is -0.295. The van der Waals surface area contributed by atoms with Crippen molar-refractivity contribution >= 4 is 29.1 Å². The van der Waals surface area contributed by atoms with Crippen LogP contribution in [0.4, 0.5) is 0 Å². The molecule has 1 aliphatic heterocycles. The van der Waals surface area contributed by atoms with Gasteiger partial charge >= 0.3 is 0 Å². The van der Waals surface area contributed by atoms with Crippen LogP contribution in [-0.4, -0.2) is 43.2 Å². The van der Waals surface area contributed by atoms with Gasteiger partial charge in [-0.15, -0.1) is 0 Å². The van der Waals surface area contributed by atoms with E-state index in [1.54, 1.807) is 24.1 Å². The van der Waals surface area contributed by atoms with Crippen molar-refractivity contribution in [3.05, 3.63) is 33.8 Å². The van der Waals surface area contributed by atoms with Crippen LogP contribution in [0.2, 0.25) is 10.0 Å². The van der Waals surface area contributed by atoms with Crippen LogP contribution >= 0.6 is 23.2 Å². The zero-order chi connectivity index (χ0) is 14.7. The van der Waals surface area contributed by atoms with E-state index in [9.17, 15) is 4.79 Å². The Morgan fingerprint density at radius 2 is 2.20 bits per heavy atom. The maximum Gasteiger partial charge on any atom is 0.242 e. The van der Waals surface area contributed by atoms with E-state index >= 15 is 0 Å². The van der Waals surface area contributed by atoms with Gasteiger partial charge in [0.15, 0.2) is 0 Å². The molecule has 0 saturated carbocycles. The molecule has 6 heteroatoms. The first-order valence-electron chi connectivity index (χ1n) is 6.53. The number of nitrogens with zero attached hydrogens (tertiary/aromatic N) is 1. The fourth-order valence-corrected chi connectivity index (χ4v) is 2.56. The molecule has 1 heterocycles. The number of ether oxygens (including phenoxy) is 1. The molecular weight excluding hydrogens is 299 g/mol. The molecule has 0 aromatic heterocycles. The molecule has 1 aromatic rings. The summed E-state index contributed by atoms with van der Waals surface area (Å²) in [6.07, 6.45) is -0.118. The van der Waals surface area contributed by atoms with Gasteiger partial charge in [0.05, 0.1) is 22.8 Å². The molecule has 1 aromatic carbocycles. The summed E-state index contributed by atoms with van der Waals surface area (Å²) in [4.78, 5) is 14.1. The van der Waals surface area contributed by atoms with Gasteiger partial charge in [-0.1, -0.05) is 29.3 Å². The van der Waals surface area contributed by atoms with E-state index in [1.165, 1.54) is 0 Å². The van der Waals surface area contributed by atoms with E-state index in [0.29, 0.717) is 29.7 Å². The van der Waals surface area contributed by atoms with Crippen molar-refractivity contribution in [2.75, 3.05) is 20.2 Å². The van der Waals surface area contributed by atoms with Crippen molar-refractivity contribution in [3.8, 4) is 0 Å². The zero-order valence-corrected chi connectivity index (χ0v) is 13.0. The van der Waals surface area contributed by atoms with Gasteiger partial charge in [0.25, 0.3) is 0 Å². The third-order valence-electron chi connectivity index (χ3n) is 3.36. The monoisotopic (exact) mass is 316 g/mol. The zero-order valence-electron chi connectivity index (χ0n) is 11.5. The highest BCUT2D eigenvalue weighted by molar-refractivity contribution is 6.42. The second-order valence-electron chi connectivity index (χ2n) is 4.95. The van der Waals surface area contributed by atoms with E-state index in [1.807, 2.05) is 13.0 Å². The van der Waals surface area contributed by atoms with Crippen LogP contribution in [-0.2, 0) is 16.1 Å². The van der Waals surface area contributed by atoms with Crippen molar-refractivity contribution in [2.45, 2.75) is 25.6 Å². The van der Waals surface area contributed by atoms with E-state index in [4.69, 9.17) is 27.9 Å². The first kappa shape index (κ1) is 15.6. The number of morpholine rings is 1. The topological polar surface area (TPSA) is 41.6 Å². The number of carbonyl (C=O) groups excluding carboxylic acids is 1. The molecule has 0 spiro atoms. The lowest BCUT2D eigenvalue weighted by molar-refractivity contribution is -0.138. The average molecular weight is 317 g/mol. The summed E-state index contributed by atoms with van der Waals surface area (Å²) < 4.78 is 5.50. The lowest BCUT2D eigenvalue weighted by Crippen LogP contribution is -2.55. The Morgan fingerprint density at radius 1 is 1.45 bits per heavy atom. The lowest BCUT2D eigenvalue weighted by Gasteiger charge is -2.32. The summed E-state index contributed by atoms with van der Waals surface area (Å²) in [5.41, 5.74) is 0.944. The predicted octanol–water partition coefficient (Wildman–Crippen LogP) is 2.33. The van der Waals surface area contributed by atoms with Crippen molar-refractivity contribution < 1.29 is 9.53 Å². The molecule has 20 heavy (non-hydrogen) atoms. The van der Waals surface area contributed by atoms with Gasteiger partial charge < -0.3 is 15.0 Å². The molecule has 1 fully saturated rings. The molecule has 4 nitrogen and oxygen atoms in total. The van der Waals surface area contributed by atoms with Gasteiger partial charge in [-0.3, -0.25) is 4.79 Å². The van der Waals surface area contributed by atoms with Crippen LogP contribution in [0, 0.1) is 0 Å². The van der Waals surface area contributed by atoms with Crippen molar-refractivity contribution in [1.82, 2.24) is 10.2 Å². The van der Waals surface area contributed by atoms with Crippen LogP contribution in [0.5, 0.6) is 0 Å². The maximum atomic E-state index is 12.4. The Kier molecular flexibility index (Phi) is 5.27. The number of hydrogen-bond acceptors (Lipinski definition) is 3. The number of likely N-dealkylation sites (N-methyl/N-ethyl adjacent to an activating group) is 1. The van der Waals surface area contributed by atoms with E-state index in [2.05, 4.69) is 5.32 Å². The van der Waals surface area contributed by atoms with Gasteiger partial charge in [0.2, 0.25) is 5.91 Å². The second-order valence-corrected chi connectivity index (χ2v) is 5.76. The maximum absolute atomic E-state index is 12.4. The molecule has 1 aliphatic rings. The van der Waals surface area contributed by atoms with Gasteiger partial charge in [-0.2, -0.15) is 0 Å². The molecule has 0 aliphatic carbocycles. The largest absolute Gasteiger partial charge is 0.375 e. The van der Waals surface area contributed by atoms with Gasteiger partial charge in [-0.25, -0.2) is 0 Å². The Hall–Kier alpha value is -0.810. The van der Waals surface area contributed by atoms with Crippen LogP contribution < -0.4 is 5.32 Å². The molecule has 110 valence electrons. The number of amides is 1. The van der Waals surface area contributed by atoms with Gasteiger partial charge in [0, 0.05) is 20.1 Å². The minimum Gasteiger partial charge on any atom is -0.375 e. The SMILES string of the molecule is C[C@H]1OCCN[C@@H]1C(=O)N(C)Cc1ccc(Cl)c(Cl)c1. The summed E-state index contributed by atoms with van der Waals surface area (Å²) in [6.45, 7) is 3.73. The third-order valence-corrected chi connectivity index (χ3v) is 4.10. The summed E-state index contributed by atoms with van der Waals surface area (Å²) in [6, 6.07) is 5.09. The Morgan fingerprint density at radius 3 is 2.85 bits per heavy atom. The minimum absolute atomic E-state index is 0.0169. The molecule has 0 unspecified atom stereocenters. The molecule has 0 radical (unpaired) electrons. The number of rotatable bonds is 3. The fraction of sp³-hybridized carbons (Fsp3) is 0.500. The number of benzene rings is 1. The number of nitrogens with one attached hydrogen (secondary N) is 1. The quantitative estimate of drug-likeness (QED) is 0.930. The molecule has 1 amide bonds. The predicted molar refractivity (Wildman–Crippen MR) is 80.1 cm³/mol. The average Bonchev–Trinajstić information content (AvgIpc) is 2.42. The van der Waals surface area contributed by atoms with Gasteiger partial charge in [-0.05, 0) is 24.6 Å². The molecule has 0 bridgehead atoms. The highest BCUT2D eigenvalue weighted by Gasteiger charge is 2.30. The van der Waals surface area contributed by atoms with Crippen LogP contribution in [0.15, 0.2) is 18.2 Å². The van der Waals surface area contributed by atoms with Crippen molar-refractivity contribution in [3.63, 3.8) is 0 Å². The van der Waals surface area contributed by atoms with E-state index < -0.39 is 0 Å². The molecule has 1 saturated heterocycles. The van der Waals surface area contributed by atoms with Crippen LogP contribution in [0.25, 0.3) is 0 Å². The Labute approximate surface area is 129 Å². The van der Waals surface area contributed by atoms with Gasteiger partial charge in [0.1, 0.15) is 6.04 Å². The summed E-state index contributed by atoms with van der Waals surface area (Å²) in [7, 11) is 1.77. The first-order chi connectivity index (χ1) is 9.49. The molecule has 2 atom stereocenters. The fourth-order valence-electron chi connectivity index (χ4n) is 2.24. The molecular formula is C14H18Cl2N2O2. The van der Waals surface area contributed by atoms with Crippen LogP contribution in [0.3, 0.4) is 0 Å². The Bertz CT molecular complexity index is 496. The smallest absolute Gasteiger partial charge is 0.242 e. The summed E-state index contributed by atoms with van der Waals surface area (Å²) in [5.74, 6) is 0.0169. The normalized spacial score (nSPS) is 22.6. The lowest BCUT2D eigenvalue weighted by atomic mass is 10.1. The van der Waals surface area contributed by atoms with Crippen LogP contribution in [0.1, 0.15) is 12.5 Å². The number of halogens is 2. The number of carbonyl (C=O) groups is 1. The number of hydrogen-bond donors (Lipinski definition) is 1. The standard InChI is InChI=1S/C14H18Cl2N2O2/c1-9-13(17-5-6-20-9)14(19)18(2)8-10-3-4-11(15)12(16)7-10/h3-4,7,9,13,17H,5-6,8H2,1-2H3/t9-,13+/m1/s1. The van der Waals surface area contributed by atoms with E-state index in [-0.39, 0.29) is 18.1 Å². The third kappa shape index (κ3) is 3.64.